The van der Waals surface area contributed by atoms with Crippen LogP contribution in [0.25, 0.3) is 33.6 Å². The number of aromatic nitrogens is 4. The molecule has 1 unspecified atom stereocenters. The number of H-pyrrole nitrogens is 2. The highest BCUT2D eigenvalue weighted by Crippen LogP contribution is 2.38. The number of rotatable bonds is 11. The first-order valence-electron chi connectivity index (χ1n) is 21.0. The number of aliphatic hydroxyl groups is 1. The van der Waals surface area contributed by atoms with E-state index in [1.54, 1.807) is 0 Å². The van der Waals surface area contributed by atoms with Gasteiger partial charge in [-0.2, -0.15) is 0 Å². The van der Waals surface area contributed by atoms with E-state index in [1.165, 1.54) is 0 Å². The predicted octanol–water partition coefficient (Wildman–Crippen LogP) is 7.95. The summed E-state index contributed by atoms with van der Waals surface area (Å²) >= 11 is 0. The topological polar surface area (TPSA) is 189 Å². The van der Waals surface area contributed by atoms with Crippen LogP contribution in [0.3, 0.4) is 0 Å². The Hall–Kier alpha value is -5.99. The highest BCUT2D eigenvalue weighted by atomic mass is 16.6. The molecule has 314 valence electrons. The molecular formula is C46H54N8O6. The Morgan fingerprint density at radius 3 is 1.93 bits per heavy atom. The molecule has 6 N–H and O–H groups in total. The standard InChI is InChI=1S/C46H54N8O6/c1-46(2,3)60-45(59)49-34-22-21-33(25-34)42(55)53-23-7-11-37(53)40-47-26-35(50-40)30-17-13-28(14-18-30)29-15-19-31(20-16-29)36-27-48-41(51-36)38-12-8-24-54(38)43(56)39(52-44(57)58)32-9-5-4-6-10-32/h4-6,9-10,13-20,26-27,33-34,37-39,43,52,56H,7-8,11-12,21-25H2,1-3H3,(H,47,50)(H,48,51)(H,49,59)(H,57,58)/t33-,34+,37+,38+,39-,43?/m1/s1. The zero-order chi connectivity index (χ0) is 42.0. The number of aliphatic hydroxyl groups excluding tert-OH is 1. The Bertz CT molecular complexity index is 2270. The quantitative estimate of drug-likeness (QED) is 0.0769. The Morgan fingerprint density at radius 2 is 1.33 bits per heavy atom. The lowest BCUT2D eigenvalue weighted by atomic mass is 10.0. The van der Waals surface area contributed by atoms with Gasteiger partial charge in [0, 0.05) is 25.0 Å². The molecule has 2 aliphatic heterocycles. The van der Waals surface area contributed by atoms with Crippen LogP contribution < -0.4 is 10.6 Å². The molecule has 3 aromatic carbocycles. The van der Waals surface area contributed by atoms with Crippen LogP contribution in [0.1, 0.15) is 101 Å². The number of nitrogens with one attached hydrogen (secondary N) is 4. The van der Waals surface area contributed by atoms with E-state index >= 15 is 0 Å². The van der Waals surface area contributed by atoms with Crippen LogP contribution in [0, 0.1) is 5.92 Å². The van der Waals surface area contributed by atoms with Gasteiger partial charge in [0.15, 0.2) is 0 Å². The fourth-order valence-electron chi connectivity index (χ4n) is 9.06. The molecule has 4 heterocycles. The second kappa shape index (κ2) is 17.3. The lowest BCUT2D eigenvalue weighted by Gasteiger charge is -2.34. The van der Waals surface area contributed by atoms with Crippen LogP contribution in [0.2, 0.25) is 0 Å². The fraction of sp³-hybridized carbons (Fsp3) is 0.413. The molecule has 5 aromatic rings. The van der Waals surface area contributed by atoms with Gasteiger partial charge in [0.1, 0.15) is 23.5 Å². The molecule has 14 nitrogen and oxygen atoms in total. The molecule has 0 radical (unpaired) electrons. The average Bonchev–Trinajstić information content (AvgIpc) is 4.09. The number of amides is 3. The van der Waals surface area contributed by atoms with Gasteiger partial charge in [0.2, 0.25) is 5.91 Å². The Labute approximate surface area is 349 Å². The Balaban J connectivity index is 0.884. The van der Waals surface area contributed by atoms with Gasteiger partial charge in [0.25, 0.3) is 0 Å². The van der Waals surface area contributed by atoms with E-state index in [0.717, 1.165) is 83.8 Å². The summed E-state index contributed by atoms with van der Waals surface area (Å²) < 4.78 is 5.42. The Kier molecular flexibility index (Phi) is 11.8. The van der Waals surface area contributed by atoms with Crippen molar-refractivity contribution in [1.82, 2.24) is 40.4 Å². The maximum absolute atomic E-state index is 13.7. The minimum Gasteiger partial charge on any atom is -0.465 e. The second-order valence-corrected chi connectivity index (χ2v) is 17.2. The SMILES string of the molecule is CC(C)(C)OC(=O)N[C@H]1CC[C@@H](C(=O)N2CCC[C@H]2c2ncc(-c3ccc(-c4ccc(-c5cnc([C@@H]6CCCN6C(O)[C@H](NC(=O)O)c6ccccc6)[nH]5)cc4)cc3)[nH]2)C1. The number of benzene rings is 3. The summed E-state index contributed by atoms with van der Waals surface area (Å²) in [6.07, 6.45) is 6.45. The zero-order valence-corrected chi connectivity index (χ0v) is 34.3. The van der Waals surface area contributed by atoms with E-state index in [4.69, 9.17) is 14.7 Å². The third-order valence-corrected chi connectivity index (χ3v) is 12.0. The number of hydrogen-bond donors (Lipinski definition) is 6. The largest absolute Gasteiger partial charge is 0.465 e. The first-order chi connectivity index (χ1) is 28.9. The van der Waals surface area contributed by atoms with Crippen LogP contribution >= 0.6 is 0 Å². The molecule has 3 aliphatic rings. The van der Waals surface area contributed by atoms with Crippen LogP contribution in [-0.2, 0) is 9.53 Å². The highest BCUT2D eigenvalue weighted by molar-refractivity contribution is 5.80. The maximum atomic E-state index is 13.7. The van der Waals surface area contributed by atoms with Crippen LogP contribution in [0.5, 0.6) is 0 Å². The molecule has 60 heavy (non-hydrogen) atoms. The van der Waals surface area contributed by atoms with E-state index in [1.807, 2.05) is 73.3 Å². The van der Waals surface area contributed by atoms with Crippen molar-refractivity contribution in [3.05, 3.63) is 108 Å². The van der Waals surface area contributed by atoms with Crippen molar-refractivity contribution in [2.24, 2.45) is 5.92 Å². The number of carboxylic acid groups (broad SMARTS) is 1. The van der Waals surface area contributed by atoms with Gasteiger partial charge in [-0.05, 0) is 93.5 Å². The third-order valence-electron chi connectivity index (χ3n) is 12.0. The van der Waals surface area contributed by atoms with Crippen molar-refractivity contribution in [3.63, 3.8) is 0 Å². The molecule has 3 fully saturated rings. The molecule has 3 amide bonds. The van der Waals surface area contributed by atoms with Crippen molar-refractivity contribution in [1.29, 1.82) is 0 Å². The first kappa shape index (κ1) is 40.8. The third kappa shape index (κ3) is 9.09. The predicted molar refractivity (Wildman–Crippen MR) is 226 cm³/mol. The zero-order valence-electron chi connectivity index (χ0n) is 34.3. The van der Waals surface area contributed by atoms with Crippen molar-refractivity contribution >= 4 is 18.1 Å². The van der Waals surface area contributed by atoms with Crippen molar-refractivity contribution in [3.8, 4) is 33.6 Å². The monoisotopic (exact) mass is 814 g/mol. The maximum Gasteiger partial charge on any atom is 0.407 e. The van der Waals surface area contributed by atoms with Crippen LogP contribution in [0.15, 0.2) is 91.3 Å². The fourth-order valence-corrected chi connectivity index (χ4v) is 9.06. The van der Waals surface area contributed by atoms with Gasteiger partial charge in [0.05, 0.1) is 41.9 Å². The van der Waals surface area contributed by atoms with Crippen LogP contribution in [0.4, 0.5) is 9.59 Å². The number of nitrogens with zero attached hydrogens (tertiary/aromatic N) is 4. The summed E-state index contributed by atoms with van der Waals surface area (Å²) in [4.78, 5) is 58.0. The molecule has 1 aliphatic carbocycles. The molecule has 0 spiro atoms. The number of carbonyl (C=O) groups is 3. The molecule has 0 bridgehead atoms. The lowest BCUT2D eigenvalue weighted by molar-refractivity contribution is -0.136. The summed E-state index contributed by atoms with van der Waals surface area (Å²) in [5.41, 5.74) is 5.98. The molecule has 6 atom stereocenters. The van der Waals surface area contributed by atoms with Crippen molar-refractivity contribution < 1.29 is 29.3 Å². The molecule has 8 rings (SSSR count). The van der Waals surface area contributed by atoms with Gasteiger partial charge in [-0.3, -0.25) is 9.69 Å². The van der Waals surface area contributed by atoms with E-state index in [9.17, 15) is 24.6 Å². The highest BCUT2D eigenvalue weighted by Gasteiger charge is 2.40. The Morgan fingerprint density at radius 1 is 0.767 bits per heavy atom. The normalized spacial score (nSPS) is 21.8. The summed E-state index contributed by atoms with van der Waals surface area (Å²) in [6.45, 7) is 6.83. The summed E-state index contributed by atoms with van der Waals surface area (Å²) in [5.74, 6) is 1.52. The second-order valence-electron chi connectivity index (χ2n) is 17.2. The number of imidazole rings is 2. The molecule has 1 saturated carbocycles. The van der Waals surface area contributed by atoms with E-state index in [-0.39, 0.29) is 30.0 Å². The minimum absolute atomic E-state index is 0.0709. The molecular weight excluding hydrogens is 761 g/mol. The van der Waals surface area contributed by atoms with Gasteiger partial charge in [-0.1, -0.05) is 78.9 Å². The number of likely N-dealkylation sites (tertiary alicyclic amines) is 2. The van der Waals surface area contributed by atoms with Gasteiger partial charge in [-0.25, -0.2) is 19.6 Å². The molecule has 14 heteroatoms. The minimum atomic E-state index is -1.20. The first-order valence-corrected chi connectivity index (χ1v) is 21.0. The average molecular weight is 815 g/mol. The van der Waals surface area contributed by atoms with Crippen molar-refractivity contribution in [2.75, 3.05) is 13.1 Å². The summed E-state index contributed by atoms with van der Waals surface area (Å²) in [7, 11) is 0. The van der Waals surface area contributed by atoms with Gasteiger partial charge >= 0.3 is 12.2 Å². The van der Waals surface area contributed by atoms with Crippen LogP contribution in [-0.4, -0.2) is 89.0 Å². The number of carbonyl (C=O) groups excluding carboxylic acids is 2. The molecule has 2 saturated heterocycles. The number of aromatic amines is 2. The van der Waals surface area contributed by atoms with Gasteiger partial charge < -0.3 is 40.5 Å². The van der Waals surface area contributed by atoms with Gasteiger partial charge in [-0.15, -0.1) is 0 Å². The van der Waals surface area contributed by atoms with E-state index in [2.05, 4.69) is 69.1 Å². The van der Waals surface area contributed by atoms with E-state index < -0.39 is 30.1 Å². The molecule has 2 aromatic heterocycles. The summed E-state index contributed by atoms with van der Waals surface area (Å²) in [6, 6.07) is 24.6. The lowest BCUT2D eigenvalue weighted by Crippen LogP contribution is -2.46. The van der Waals surface area contributed by atoms with E-state index in [0.29, 0.717) is 25.1 Å². The van der Waals surface area contributed by atoms with Crippen molar-refractivity contribution in [2.45, 2.75) is 102 Å². The number of alkyl carbamates (subject to hydrolysis) is 1. The smallest absolute Gasteiger partial charge is 0.407 e. The number of ether oxygens (including phenoxy) is 1. The summed E-state index contributed by atoms with van der Waals surface area (Å²) in [5, 5.41) is 26.5. The number of hydrogen-bond acceptors (Lipinski definition) is 8.